The maximum Gasteiger partial charge on any atom is 0.191 e. The summed E-state index contributed by atoms with van der Waals surface area (Å²) in [5.74, 6) is 0.633. The van der Waals surface area contributed by atoms with Crippen molar-refractivity contribution in [1.82, 2.24) is 9.88 Å². The van der Waals surface area contributed by atoms with Crippen LogP contribution in [0.1, 0.15) is 18.5 Å². The van der Waals surface area contributed by atoms with Gasteiger partial charge in [-0.15, -0.1) is 35.3 Å². The monoisotopic (exact) mass is 437 g/mol. The van der Waals surface area contributed by atoms with Crippen LogP contribution in [0.2, 0.25) is 0 Å². The van der Waals surface area contributed by atoms with Crippen LogP contribution in [0.5, 0.6) is 0 Å². The smallest absolute Gasteiger partial charge is 0.191 e. The number of ether oxygens (including phenoxy) is 1. The van der Waals surface area contributed by atoms with Crippen molar-refractivity contribution in [1.29, 1.82) is 0 Å². The van der Waals surface area contributed by atoms with E-state index in [0.29, 0.717) is 12.5 Å². The molecule has 0 radical (unpaired) electrons. The molecule has 0 saturated carbocycles. The van der Waals surface area contributed by atoms with Crippen molar-refractivity contribution in [2.24, 2.45) is 10.7 Å². The number of aliphatic imine (C=N–C) groups is 1. The van der Waals surface area contributed by atoms with Gasteiger partial charge < -0.3 is 20.3 Å². The minimum absolute atomic E-state index is 0. The fourth-order valence-corrected chi connectivity index (χ4v) is 3.56. The molecule has 1 aromatic heterocycles. The second-order valence-corrected chi connectivity index (χ2v) is 6.24. The predicted molar refractivity (Wildman–Crippen MR) is 102 cm³/mol. The highest BCUT2D eigenvalue weighted by atomic mass is 127. The summed E-state index contributed by atoms with van der Waals surface area (Å²) in [7, 11) is 0. The molecule has 124 valence electrons. The zero-order chi connectivity index (χ0) is 14.5. The van der Waals surface area contributed by atoms with E-state index in [4.69, 9.17) is 15.5 Å². The number of halogens is 1. The summed E-state index contributed by atoms with van der Waals surface area (Å²) < 4.78 is 5.31. The molecule has 0 unspecified atom stereocenters. The van der Waals surface area contributed by atoms with Crippen molar-refractivity contribution >= 4 is 46.4 Å². The molecule has 0 spiro atoms. The number of nitrogens with zero attached hydrogens (tertiary/aromatic N) is 4. The van der Waals surface area contributed by atoms with Crippen LogP contribution in [0.15, 0.2) is 10.4 Å². The van der Waals surface area contributed by atoms with Gasteiger partial charge in [0.15, 0.2) is 11.1 Å². The number of thiazole rings is 1. The number of rotatable bonds is 4. The summed E-state index contributed by atoms with van der Waals surface area (Å²) in [6.07, 6.45) is 3.43. The van der Waals surface area contributed by atoms with Gasteiger partial charge in [0.2, 0.25) is 0 Å². The third kappa shape index (κ3) is 4.69. The molecule has 0 aromatic carbocycles. The summed E-state index contributed by atoms with van der Waals surface area (Å²) in [5, 5.41) is 3.31. The Balaban J connectivity index is 0.00000176. The molecule has 2 aliphatic heterocycles. The predicted octanol–water partition coefficient (Wildman–Crippen LogP) is 1.55. The number of hydrogen-bond donors (Lipinski definition) is 1. The molecule has 0 bridgehead atoms. The first-order valence-electron chi connectivity index (χ1n) is 7.65. The maximum atomic E-state index is 6.01. The molecule has 3 rings (SSSR count). The van der Waals surface area contributed by atoms with Gasteiger partial charge in [0.1, 0.15) is 0 Å². The molecule has 0 amide bonds. The summed E-state index contributed by atoms with van der Waals surface area (Å²) in [4.78, 5) is 13.6. The number of nitrogens with two attached hydrogens (primary N) is 1. The molecule has 8 heteroatoms. The molecular weight excluding hydrogens is 413 g/mol. The van der Waals surface area contributed by atoms with E-state index >= 15 is 0 Å². The Bertz CT molecular complexity index is 483. The van der Waals surface area contributed by atoms with Crippen molar-refractivity contribution in [3.63, 3.8) is 0 Å². The van der Waals surface area contributed by atoms with Gasteiger partial charge in [0.25, 0.3) is 0 Å². The van der Waals surface area contributed by atoms with Crippen LogP contribution >= 0.6 is 35.3 Å². The van der Waals surface area contributed by atoms with E-state index in [1.807, 2.05) is 0 Å². The zero-order valence-corrected chi connectivity index (χ0v) is 15.9. The normalized spacial score (nSPS) is 19.4. The third-order valence-electron chi connectivity index (χ3n) is 3.89. The van der Waals surface area contributed by atoms with E-state index in [2.05, 4.69) is 20.2 Å². The lowest BCUT2D eigenvalue weighted by Gasteiger charge is -2.27. The molecule has 2 N–H and O–H groups in total. The molecule has 2 saturated heterocycles. The minimum atomic E-state index is 0. The minimum Gasteiger partial charge on any atom is -0.378 e. The maximum absolute atomic E-state index is 6.01. The van der Waals surface area contributed by atoms with Crippen LogP contribution in [-0.2, 0) is 11.2 Å². The summed E-state index contributed by atoms with van der Waals surface area (Å²) >= 11 is 1.74. The first-order chi connectivity index (χ1) is 10.3. The molecule has 2 aliphatic rings. The largest absolute Gasteiger partial charge is 0.378 e. The quantitative estimate of drug-likeness (QED) is 0.440. The SMILES string of the molecule is I.NC(=NCCc1csc(N2CCCC2)n1)N1CCOCC1. The summed E-state index contributed by atoms with van der Waals surface area (Å²) in [6, 6.07) is 0. The third-order valence-corrected chi connectivity index (χ3v) is 4.84. The van der Waals surface area contributed by atoms with Crippen LogP contribution in [-0.4, -0.2) is 61.8 Å². The second-order valence-electron chi connectivity index (χ2n) is 5.40. The van der Waals surface area contributed by atoms with Crippen LogP contribution < -0.4 is 10.6 Å². The lowest BCUT2D eigenvalue weighted by Crippen LogP contribution is -2.44. The van der Waals surface area contributed by atoms with E-state index < -0.39 is 0 Å². The molecule has 0 aliphatic carbocycles. The topological polar surface area (TPSA) is 67.0 Å². The van der Waals surface area contributed by atoms with Crippen LogP contribution in [0, 0.1) is 0 Å². The molecule has 2 fully saturated rings. The Labute approximate surface area is 152 Å². The Morgan fingerprint density at radius 1 is 1.27 bits per heavy atom. The molecular formula is C14H24IN5OS. The van der Waals surface area contributed by atoms with Gasteiger partial charge in [-0.25, -0.2) is 4.98 Å². The standard InChI is InChI=1S/C14H23N5OS.HI/c15-13(18-7-9-20-10-8-18)16-4-3-12-11-21-14(17-12)19-5-1-2-6-19;/h11H,1-10H2,(H2,15,16);1H. The first kappa shape index (κ1) is 17.7. The fourth-order valence-electron chi connectivity index (χ4n) is 2.64. The molecule has 22 heavy (non-hydrogen) atoms. The lowest BCUT2D eigenvalue weighted by atomic mass is 10.3. The van der Waals surface area contributed by atoms with Crippen LogP contribution in [0.25, 0.3) is 0 Å². The van der Waals surface area contributed by atoms with Gasteiger partial charge in [-0.3, -0.25) is 4.99 Å². The van der Waals surface area contributed by atoms with E-state index in [9.17, 15) is 0 Å². The van der Waals surface area contributed by atoms with Gasteiger partial charge in [-0.05, 0) is 12.8 Å². The van der Waals surface area contributed by atoms with Gasteiger partial charge in [-0.1, -0.05) is 0 Å². The average Bonchev–Trinajstić information content (AvgIpc) is 3.19. The summed E-state index contributed by atoms with van der Waals surface area (Å²) in [6.45, 7) is 6.15. The second kappa shape index (κ2) is 8.88. The Morgan fingerprint density at radius 3 is 2.73 bits per heavy atom. The number of anilines is 1. The molecule has 6 nitrogen and oxygen atoms in total. The van der Waals surface area contributed by atoms with E-state index in [-0.39, 0.29) is 24.0 Å². The number of hydrogen-bond acceptors (Lipinski definition) is 5. The number of guanidine groups is 1. The Hall–Kier alpha value is -0.610. The van der Waals surface area contributed by atoms with Crippen molar-refractivity contribution < 1.29 is 4.74 Å². The number of aromatic nitrogens is 1. The fraction of sp³-hybridized carbons (Fsp3) is 0.714. The van der Waals surface area contributed by atoms with Crippen molar-refractivity contribution in [3.8, 4) is 0 Å². The van der Waals surface area contributed by atoms with E-state index in [0.717, 1.165) is 56.6 Å². The van der Waals surface area contributed by atoms with E-state index in [1.165, 1.54) is 12.8 Å². The highest BCUT2D eigenvalue weighted by molar-refractivity contribution is 14.0. The highest BCUT2D eigenvalue weighted by Crippen LogP contribution is 2.24. The van der Waals surface area contributed by atoms with Crippen molar-refractivity contribution in [3.05, 3.63) is 11.1 Å². The Morgan fingerprint density at radius 2 is 2.00 bits per heavy atom. The molecule has 1 aromatic rings. The zero-order valence-electron chi connectivity index (χ0n) is 12.7. The van der Waals surface area contributed by atoms with Crippen LogP contribution in [0.4, 0.5) is 5.13 Å². The van der Waals surface area contributed by atoms with Crippen LogP contribution in [0.3, 0.4) is 0 Å². The van der Waals surface area contributed by atoms with Gasteiger partial charge in [0.05, 0.1) is 18.9 Å². The molecule has 3 heterocycles. The average molecular weight is 437 g/mol. The van der Waals surface area contributed by atoms with Gasteiger partial charge >= 0.3 is 0 Å². The van der Waals surface area contributed by atoms with Gasteiger partial charge in [0, 0.05) is 44.5 Å². The lowest BCUT2D eigenvalue weighted by molar-refractivity contribution is 0.0674. The van der Waals surface area contributed by atoms with Gasteiger partial charge in [-0.2, -0.15) is 0 Å². The molecule has 0 atom stereocenters. The van der Waals surface area contributed by atoms with Crippen molar-refractivity contribution in [2.45, 2.75) is 19.3 Å². The van der Waals surface area contributed by atoms with Crippen molar-refractivity contribution in [2.75, 3.05) is 50.8 Å². The first-order valence-corrected chi connectivity index (χ1v) is 8.53. The summed E-state index contributed by atoms with van der Waals surface area (Å²) in [5.41, 5.74) is 7.14. The Kier molecular flexibility index (Phi) is 7.16. The van der Waals surface area contributed by atoms with E-state index in [1.54, 1.807) is 11.3 Å². The highest BCUT2D eigenvalue weighted by Gasteiger charge is 2.15. The number of morpholine rings is 1.